The highest BCUT2D eigenvalue weighted by Crippen LogP contribution is 2.29. The first kappa shape index (κ1) is 29.7. The third kappa shape index (κ3) is 7.37. The number of hydrogen-bond acceptors (Lipinski definition) is 5. The summed E-state index contributed by atoms with van der Waals surface area (Å²) in [7, 11) is 4.08. The molecule has 0 atom stereocenters. The van der Waals surface area contributed by atoms with Gasteiger partial charge in [-0.3, -0.25) is 0 Å². The predicted molar refractivity (Wildman–Crippen MR) is 165 cm³/mol. The summed E-state index contributed by atoms with van der Waals surface area (Å²) in [6.07, 6.45) is 4.75. The van der Waals surface area contributed by atoms with Crippen molar-refractivity contribution in [1.29, 1.82) is 0 Å². The standard InChI is InChI=1S/C31H37N5.2ClH/c1-36(2)30-27-15-9-10-16-29(27)34-31(35-30)33-26-19-17-23(18-20-26)21-32-22-28(24-11-5-3-6-12-24)25-13-7-4-8-14-25;;/h3-16,23,26,28,32H,17-22H2,1-2H3,(H,33,34,35);2*1H. The smallest absolute Gasteiger partial charge is 0.225 e. The lowest BCUT2D eigenvalue weighted by Crippen LogP contribution is -2.33. The summed E-state index contributed by atoms with van der Waals surface area (Å²) in [6.45, 7) is 2.03. The van der Waals surface area contributed by atoms with Gasteiger partial charge in [0, 0.05) is 38.0 Å². The fourth-order valence-electron chi connectivity index (χ4n) is 5.39. The number of nitrogens with zero attached hydrogens (tertiary/aromatic N) is 3. The van der Waals surface area contributed by atoms with Gasteiger partial charge >= 0.3 is 0 Å². The number of fused-ring (bicyclic) bond motifs is 1. The van der Waals surface area contributed by atoms with Crippen molar-refractivity contribution in [3.63, 3.8) is 0 Å². The monoisotopic (exact) mass is 551 g/mol. The third-order valence-electron chi connectivity index (χ3n) is 7.37. The van der Waals surface area contributed by atoms with Gasteiger partial charge in [-0.1, -0.05) is 72.8 Å². The molecule has 2 N–H and O–H groups in total. The Kier molecular flexibility index (Phi) is 11.2. The van der Waals surface area contributed by atoms with E-state index in [1.54, 1.807) is 0 Å². The average Bonchev–Trinajstić information content (AvgIpc) is 2.92. The van der Waals surface area contributed by atoms with E-state index in [1.165, 1.54) is 24.0 Å². The summed E-state index contributed by atoms with van der Waals surface area (Å²) < 4.78 is 0. The van der Waals surface area contributed by atoms with Crippen LogP contribution >= 0.6 is 24.8 Å². The Balaban J connectivity index is 0.00000200. The molecule has 7 heteroatoms. The largest absolute Gasteiger partial charge is 0.362 e. The molecule has 0 spiro atoms. The second kappa shape index (κ2) is 14.3. The van der Waals surface area contributed by atoms with Gasteiger partial charge < -0.3 is 15.5 Å². The van der Waals surface area contributed by atoms with E-state index in [0.29, 0.717) is 17.9 Å². The second-order valence-electron chi connectivity index (χ2n) is 10.2. The molecule has 38 heavy (non-hydrogen) atoms. The summed E-state index contributed by atoms with van der Waals surface area (Å²) >= 11 is 0. The van der Waals surface area contributed by atoms with Gasteiger partial charge in [-0.15, -0.1) is 24.8 Å². The van der Waals surface area contributed by atoms with Gasteiger partial charge in [-0.25, -0.2) is 4.98 Å². The third-order valence-corrected chi connectivity index (χ3v) is 7.37. The van der Waals surface area contributed by atoms with E-state index in [4.69, 9.17) is 9.97 Å². The topological polar surface area (TPSA) is 53.1 Å². The van der Waals surface area contributed by atoms with Crippen molar-refractivity contribution in [2.24, 2.45) is 5.92 Å². The number of halogens is 2. The van der Waals surface area contributed by atoms with Crippen LogP contribution in [0.3, 0.4) is 0 Å². The van der Waals surface area contributed by atoms with Crippen molar-refractivity contribution in [3.8, 4) is 0 Å². The first-order valence-corrected chi connectivity index (χ1v) is 13.2. The van der Waals surface area contributed by atoms with E-state index in [9.17, 15) is 0 Å². The van der Waals surface area contributed by atoms with E-state index >= 15 is 0 Å². The summed E-state index contributed by atoms with van der Waals surface area (Å²) in [4.78, 5) is 11.7. The minimum atomic E-state index is 0. The van der Waals surface area contributed by atoms with Crippen LogP contribution in [0.5, 0.6) is 0 Å². The highest BCUT2D eigenvalue weighted by atomic mass is 35.5. The first-order valence-electron chi connectivity index (χ1n) is 13.2. The molecular formula is C31H39Cl2N5. The second-order valence-corrected chi connectivity index (χ2v) is 10.2. The van der Waals surface area contributed by atoms with Crippen LogP contribution in [0.25, 0.3) is 10.9 Å². The van der Waals surface area contributed by atoms with Gasteiger partial charge in [-0.05, 0) is 61.4 Å². The van der Waals surface area contributed by atoms with Crippen LogP contribution in [-0.2, 0) is 0 Å². The molecule has 202 valence electrons. The van der Waals surface area contributed by atoms with Crippen LogP contribution in [-0.4, -0.2) is 43.2 Å². The molecule has 1 heterocycles. The van der Waals surface area contributed by atoms with E-state index < -0.39 is 0 Å². The predicted octanol–water partition coefficient (Wildman–Crippen LogP) is 6.93. The van der Waals surface area contributed by atoms with Gasteiger partial charge in [0.15, 0.2) is 0 Å². The lowest BCUT2D eigenvalue weighted by Gasteiger charge is -2.30. The van der Waals surface area contributed by atoms with Gasteiger partial charge in [0.05, 0.1) is 5.52 Å². The van der Waals surface area contributed by atoms with E-state index in [-0.39, 0.29) is 24.8 Å². The van der Waals surface area contributed by atoms with Crippen molar-refractivity contribution in [1.82, 2.24) is 15.3 Å². The maximum Gasteiger partial charge on any atom is 0.225 e. The SMILES string of the molecule is CN(C)c1nc(NC2CCC(CNCC(c3ccccc3)c3ccccc3)CC2)nc2ccccc12.Cl.Cl. The maximum absolute atomic E-state index is 4.83. The lowest BCUT2D eigenvalue weighted by molar-refractivity contribution is 0.323. The van der Waals surface area contributed by atoms with Crippen LogP contribution < -0.4 is 15.5 Å². The summed E-state index contributed by atoms with van der Waals surface area (Å²) in [5.41, 5.74) is 3.73. The molecule has 0 unspecified atom stereocenters. The van der Waals surface area contributed by atoms with Crippen LogP contribution in [0.15, 0.2) is 84.9 Å². The average molecular weight is 553 g/mol. The summed E-state index contributed by atoms with van der Waals surface area (Å²) in [5.74, 6) is 2.80. The number of anilines is 2. The Bertz CT molecular complexity index is 1210. The zero-order valence-electron chi connectivity index (χ0n) is 22.2. The van der Waals surface area contributed by atoms with Crippen LogP contribution in [0.2, 0.25) is 0 Å². The van der Waals surface area contributed by atoms with E-state index in [0.717, 1.165) is 48.6 Å². The number of para-hydroxylation sites is 1. The molecule has 3 aromatic carbocycles. The molecule has 5 rings (SSSR count). The van der Waals surface area contributed by atoms with Gasteiger partial charge in [0.25, 0.3) is 0 Å². The minimum absolute atomic E-state index is 0. The molecular weight excluding hydrogens is 513 g/mol. The molecule has 5 nitrogen and oxygen atoms in total. The maximum atomic E-state index is 4.83. The Morgan fingerprint density at radius 3 is 1.95 bits per heavy atom. The molecule has 0 amide bonds. The fourth-order valence-corrected chi connectivity index (χ4v) is 5.39. The fraction of sp³-hybridized carbons (Fsp3) is 0.355. The molecule has 1 saturated carbocycles. The van der Waals surface area contributed by atoms with Gasteiger partial charge in [0.1, 0.15) is 5.82 Å². The highest BCUT2D eigenvalue weighted by Gasteiger charge is 2.23. The number of hydrogen-bond donors (Lipinski definition) is 2. The van der Waals surface area contributed by atoms with E-state index in [1.807, 2.05) is 26.2 Å². The highest BCUT2D eigenvalue weighted by molar-refractivity contribution is 5.90. The van der Waals surface area contributed by atoms with Crippen molar-refractivity contribution in [2.45, 2.75) is 37.6 Å². The molecule has 4 aromatic rings. The van der Waals surface area contributed by atoms with Crippen molar-refractivity contribution in [3.05, 3.63) is 96.1 Å². The molecule has 1 fully saturated rings. The molecule has 0 saturated heterocycles. The number of nitrogens with one attached hydrogen (secondary N) is 2. The van der Waals surface area contributed by atoms with Crippen molar-refractivity contribution < 1.29 is 0 Å². The lowest BCUT2D eigenvalue weighted by atomic mass is 9.85. The van der Waals surface area contributed by atoms with Crippen molar-refractivity contribution >= 4 is 47.5 Å². The number of aromatic nitrogens is 2. The minimum Gasteiger partial charge on any atom is -0.362 e. The summed E-state index contributed by atoms with van der Waals surface area (Å²) in [6, 6.07) is 30.4. The van der Waals surface area contributed by atoms with Crippen LogP contribution in [0.4, 0.5) is 11.8 Å². The van der Waals surface area contributed by atoms with Crippen molar-refractivity contribution in [2.75, 3.05) is 37.4 Å². The Labute approximate surface area is 239 Å². The molecule has 1 aliphatic carbocycles. The number of rotatable bonds is 9. The molecule has 0 radical (unpaired) electrons. The van der Waals surface area contributed by atoms with Gasteiger partial charge in [-0.2, -0.15) is 4.98 Å². The van der Waals surface area contributed by atoms with Gasteiger partial charge in [0.2, 0.25) is 5.95 Å². The Hall–Kier alpha value is -2.86. The Morgan fingerprint density at radius 1 is 0.763 bits per heavy atom. The number of benzene rings is 3. The zero-order chi connectivity index (χ0) is 24.7. The molecule has 0 bridgehead atoms. The quantitative estimate of drug-likeness (QED) is 0.236. The molecule has 1 aliphatic rings. The summed E-state index contributed by atoms with van der Waals surface area (Å²) in [5, 5.41) is 8.53. The molecule has 0 aliphatic heterocycles. The van der Waals surface area contributed by atoms with E-state index in [2.05, 4.69) is 88.3 Å². The van der Waals surface area contributed by atoms with Crippen LogP contribution in [0, 0.1) is 5.92 Å². The molecule has 1 aromatic heterocycles. The first-order chi connectivity index (χ1) is 17.7. The Morgan fingerprint density at radius 2 is 1.34 bits per heavy atom. The normalized spacial score (nSPS) is 16.9. The zero-order valence-corrected chi connectivity index (χ0v) is 23.8. The van der Waals surface area contributed by atoms with Crippen LogP contribution in [0.1, 0.15) is 42.7 Å².